The highest BCUT2D eigenvalue weighted by Crippen LogP contribution is 2.41. The summed E-state index contributed by atoms with van der Waals surface area (Å²) in [6.07, 6.45) is 0.300. The fourth-order valence-electron chi connectivity index (χ4n) is 3.98. The molecule has 4 aromatic rings. The monoisotopic (exact) mass is 593 g/mol. The highest BCUT2D eigenvalue weighted by molar-refractivity contribution is 7.92. The summed E-state index contributed by atoms with van der Waals surface area (Å²) in [5, 5.41) is 9.34. The van der Waals surface area contributed by atoms with E-state index in [1.807, 2.05) is 20.8 Å². The van der Waals surface area contributed by atoms with E-state index in [4.69, 9.17) is 14.2 Å². The summed E-state index contributed by atoms with van der Waals surface area (Å²) in [5.41, 5.74) is 2.19. The number of anilines is 1. The lowest BCUT2D eigenvalue weighted by atomic mass is 9.87. The number of nitrogens with zero attached hydrogens (tertiary/aromatic N) is 4. The molecule has 11 nitrogen and oxygen atoms in total. The zero-order valence-corrected chi connectivity index (χ0v) is 25.3. The summed E-state index contributed by atoms with van der Waals surface area (Å²) in [6.45, 7) is 9.71. The second kappa shape index (κ2) is 12.7. The number of nitrogens with one attached hydrogen (secondary N) is 1. The maximum Gasteiger partial charge on any atom is 0.263 e. The molecule has 42 heavy (non-hydrogen) atoms. The molecule has 4 rings (SSSR count). The number of ether oxygens (including phenoxy) is 3. The molecule has 0 aliphatic carbocycles. The van der Waals surface area contributed by atoms with E-state index in [-0.39, 0.29) is 58.4 Å². The van der Waals surface area contributed by atoms with Gasteiger partial charge in [0.05, 0.1) is 18.6 Å². The van der Waals surface area contributed by atoms with Crippen molar-refractivity contribution in [1.29, 1.82) is 0 Å². The van der Waals surface area contributed by atoms with Crippen LogP contribution in [0.4, 0.5) is 5.82 Å². The van der Waals surface area contributed by atoms with Gasteiger partial charge in [-0.1, -0.05) is 45.0 Å². The molecule has 0 unspecified atom stereocenters. The van der Waals surface area contributed by atoms with Crippen molar-refractivity contribution in [2.75, 3.05) is 25.0 Å². The number of para-hydroxylation sites is 2. The van der Waals surface area contributed by atoms with Crippen molar-refractivity contribution < 1.29 is 27.7 Å². The number of aromatic nitrogens is 4. The van der Waals surface area contributed by atoms with Crippen molar-refractivity contribution in [3.63, 3.8) is 0 Å². The molecule has 2 N–H and O–H groups in total. The number of aliphatic hydroxyl groups excluding tert-OH is 1. The second-order valence-corrected chi connectivity index (χ2v) is 12.2. The van der Waals surface area contributed by atoms with E-state index in [1.165, 1.54) is 19.2 Å². The third-order valence-corrected chi connectivity index (χ3v) is 7.46. The average molecular weight is 594 g/mol. The van der Waals surface area contributed by atoms with Gasteiger partial charge in [-0.25, -0.2) is 23.4 Å². The molecule has 2 aromatic heterocycles. The molecule has 0 fully saturated rings. The predicted octanol–water partition coefficient (Wildman–Crippen LogP) is 5.21. The fraction of sp³-hybridized carbons (Fsp3) is 0.333. The smallest absolute Gasteiger partial charge is 0.263 e. The van der Waals surface area contributed by atoms with E-state index in [0.29, 0.717) is 23.6 Å². The van der Waals surface area contributed by atoms with Gasteiger partial charge in [0.2, 0.25) is 11.6 Å². The van der Waals surface area contributed by atoms with Crippen LogP contribution in [0.25, 0.3) is 11.6 Å². The lowest BCUT2D eigenvalue weighted by molar-refractivity contribution is 0.224. The van der Waals surface area contributed by atoms with Gasteiger partial charge in [-0.3, -0.25) is 4.72 Å². The first-order chi connectivity index (χ1) is 19.9. The Morgan fingerprint density at radius 1 is 0.881 bits per heavy atom. The standard InChI is InChI=1S/C30H35N5O6S/c1-19-18-20(2)32-27(31-19)28-33-26(35-42(37,38)22-14-12-21(13-15-22)30(3,4)5)25(29(34-28)40-17-9-16-36)41-24-11-8-7-10-23(24)39-6/h7-8,10-15,18,36H,9,16-17H2,1-6H3,(H,33,34,35). The minimum atomic E-state index is -4.15. The number of sulfonamides is 1. The first kappa shape index (κ1) is 30.7. The van der Waals surface area contributed by atoms with Crippen LogP contribution in [0.15, 0.2) is 59.5 Å². The van der Waals surface area contributed by atoms with Gasteiger partial charge in [0.1, 0.15) is 0 Å². The Morgan fingerprint density at radius 2 is 1.50 bits per heavy atom. The van der Waals surface area contributed by atoms with Crippen LogP contribution in [0.3, 0.4) is 0 Å². The molecule has 12 heteroatoms. The lowest BCUT2D eigenvalue weighted by Gasteiger charge is -2.20. The van der Waals surface area contributed by atoms with Crippen LogP contribution in [0.1, 0.15) is 44.1 Å². The Hall–Kier alpha value is -4.29. The summed E-state index contributed by atoms with van der Waals surface area (Å²) in [4.78, 5) is 17.9. The van der Waals surface area contributed by atoms with Crippen molar-refractivity contribution in [2.45, 2.75) is 51.3 Å². The SMILES string of the molecule is COc1ccccc1Oc1c(NS(=O)(=O)c2ccc(C(C)(C)C)cc2)nc(-c2nc(C)cc(C)n2)nc1OCCCO. The van der Waals surface area contributed by atoms with Crippen molar-refractivity contribution in [3.05, 3.63) is 71.5 Å². The number of hydrogen-bond donors (Lipinski definition) is 2. The van der Waals surface area contributed by atoms with Crippen molar-refractivity contribution >= 4 is 15.8 Å². The summed E-state index contributed by atoms with van der Waals surface area (Å²) >= 11 is 0. The van der Waals surface area contributed by atoms with Gasteiger partial charge in [-0.05, 0) is 55.2 Å². The van der Waals surface area contributed by atoms with Crippen LogP contribution >= 0.6 is 0 Å². The number of methoxy groups -OCH3 is 1. The number of aliphatic hydroxyl groups is 1. The fourth-order valence-corrected chi connectivity index (χ4v) is 4.99. The Labute approximate surface area is 246 Å². The number of rotatable bonds is 11. The third-order valence-electron chi connectivity index (χ3n) is 6.10. The quantitative estimate of drug-likeness (QED) is 0.222. The van der Waals surface area contributed by atoms with Crippen LogP contribution in [-0.2, 0) is 15.4 Å². The highest BCUT2D eigenvalue weighted by atomic mass is 32.2. The molecule has 222 valence electrons. The van der Waals surface area contributed by atoms with Crippen molar-refractivity contribution in [1.82, 2.24) is 19.9 Å². The van der Waals surface area contributed by atoms with Gasteiger partial charge >= 0.3 is 0 Å². The van der Waals surface area contributed by atoms with Gasteiger partial charge in [-0.15, -0.1) is 0 Å². The molecule has 0 aliphatic rings. The van der Waals surface area contributed by atoms with Gasteiger partial charge in [0.15, 0.2) is 23.1 Å². The van der Waals surface area contributed by atoms with E-state index < -0.39 is 10.0 Å². The maximum absolute atomic E-state index is 13.7. The maximum atomic E-state index is 13.7. The molecule has 0 amide bonds. The molecule has 0 aliphatic heterocycles. The molecule has 0 atom stereocenters. The molecule has 0 bridgehead atoms. The Morgan fingerprint density at radius 3 is 2.10 bits per heavy atom. The van der Waals surface area contributed by atoms with E-state index in [2.05, 4.69) is 24.7 Å². The van der Waals surface area contributed by atoms with Crippen LogP contribution < -0.4 is 18.9 Å². The summed E-state index contributed by atoms with van der Waals surface area (Å²) in [7, 11) is -2.66. The van der Waals surface area contributed by atoms with Gasteiger partial charge in [-0.2, -0.15) is 4.98 Å². The average Bonchev–Trinajstić information content (AvgIpc) is 2.93. The van der Waals surface area contributed by atoms with Gasteiger partial charge in [0.25, 0.3) is 15.9 Å². The van der Waals surface area contributed by atoms with Crippen LogP contribution in [-0.4, -0.2) is 53.8 Å². The Kier molecular flexibility index (Phi) is 9.27. The Balaban J connectivity index is 1.89. The topological polar surface area (TPSA) is 146 Å². The van der Waals surface area contributed by atoms with E-state index >= 15 is 0 Å². The Bertz CT molecular complexity index is 1630. The molecule has 2 heterocycles. The summed E-state index contributed by atoms with van der Waals surface area (Å²) in [6, 6.07) is 15.3. The number of hydrogen-bond acceptors (Lipinski definition) is 10. The molecular weight excluding hydrogens is 558 g/mol. The van der Waals surface area contributed by atoms with E-state index in [1.54, 1.807) is 56.3 Å². The minimum absolute atomic E-state index is 0.0222. The first-order valence-corrected chi connectivity index (χ1v) is 14.8. The molecule has 2 aromatic carbocycles. The van der Waals surface area contributed by atoms with Crippen molar-refractivity contribution in [2.24, 2.45) is 0 Å². The first-order valence-electron chi connectivity index (χ1n) is 13.3. The second-order valence-electron chi connectivity index (χ2n) is 10.6. The minimum Gasteiger partial charge on any atom is -0.493 e. The van der Waals surface area contributed by atoms with Gasteiger partial charge < -0.3 is 19.3 Å². The normalized spacial score (nSPS) is 11.7. The molecule has 0 saturated carbocycles. The molecule has 0 saturated heterocycles. The highest BCUT2D eigenvalue weighted by Gasteiger charge is 2.26. The van der Waals surface area contributed by atoms with Crippen LogP contribution in [0, 0.1) is 13.8 Å². The number of benzene rings is 2. The van der Waals surface area contributed by atoms with Crippen LogP contribution in [0.2, 0.25) is 0 Å². The summed E-state index contributed by atoms with van der Waals surface area (Å²) < 4.78 is 47.4. The molecule has 0 spiro atoms. The summed E-state index contributed by atoms with van der Waals surface area (Å²) in [5.74, 6) is 0.524. The van der Waals surface area contributed by atoms with Crippen LogP contribution in [0.5, 0.6) is 23.1 Å². The molecular formula is C30H35N5O6S. The molecule has 0 radical (unpaired) electrons. The van der Waals surface area contributed by atoms with E-state index in [0.717, 1.165) is 5.56 Å². The number of aryl methyl sites for hydroxylation is 2. The largest absolute Gasteiger partial charge is 0.493 e. The lowest BCUT2D eigenvalue weighted by Crippen LogP contribution is -2.17. The van der Waals surface area contributed by atoms with E-state index in [9.17, 15) is 13.5 Å². The zero-order chi connectivity index (χ0) is 30.5. The predicted molar refractivity (Wildman–Crippen MR) is 159 cm³/mol. The van der Waals surface area contributed by atoms with Gasteiger partial charge in [0, 0.05) is 24.4 Å². The third kappa shape index (κ3) is 7.31. The van der Waals surface area contributed by atoms with Crippen molar-refractivity contribution in [3.8, 4) is 34.8 Å². The zero-order valence-electron chi connectivity index (χ0n) is 24.5.